The number of alkyl halides is 1. The summed E-state index contributed by atoms with van der Waals surface area (Å²) in [5.41, 5.74) is -0.755. The highest BCUT2D eigenvalue weighted by atomic mass is 35.5. The molecule has 1 unspecified atom stereocenters. The Kier molecular flexibility index (Phi) is 4.58. The van der Waals surface area contributed by atoms with Gasteiger partial charge in [0.15, 0.2) is 0 Å². The fourth-order valence-electron chi connectivity index (χ4n) is 2.32. The quantitative estimate of drug-likeness (QED) is 0.794. The monoisotopic (exact) mass is 339 g/mol. The van der Waals surface area contributed by atoms with E-state index in [9.17, 15) is 17.2 Å². The van der Waals surface area contributed by atoms with Crippen LogP contribution in [0, 0.1) is 11.6 Å². The molecule has 1 atom stereocenters. The highest BCUT2D eigenvalue weighted by molar-refractivity contribution is 7.89. The average Bonchev–Trinajstić information content (AvgIpc) is 2.39. The first-order valence-corrected chi connectivity index (χ1v) is 8.32. The maximum absolute atomic E-state index is 13.8. The fraction of sp³-hybridized carbons (Fsp3) is 0.538. The van der Waals surface area contributed by atoms with Crippen LogP contribution in [0.25, 0.3) is 0 Å². The van der Waals surface area contributed by atoms with E-state index in [0.717, 1.165) is 16.4 Å². The summed E-state index contributed by atoms with van der Waals surface area (Å²) in [5.74, 6) is -1.68. The predicted octanol–water partition coefficient (Wildman–Crippen LogP) is 2.37. The number of rotatable bonds is 3. The van der Waals surface area contributed by atoms with Crippen molar-refractivity contribution < 1.29 is 21.9 Å². The van der Waals surface area contributed by atoms with E-state index >= 15 is 0 Å². The molecule has 1 aliphatic rings. The summed E-state index contributed by atoms with van der Waals surface area (Å²) in [6.45, 7) is 3.48. The lowest BCUT2D eigenvalue weighted by Crippen LogP contribution is -2.55. The van der Waals surface area contributed by atoms with Gasteiger partial charge in [-0.1, -0.05) is 0 Å². The van der Waals surface area contributed by atoms with Gasteiger partial charge in [0.25, 0.3) is 0 Å². The van der Waals surface area contributed by atoms with E-state index in [1.54, 1.807) is 13.8 Å². The van der Waals surface area contributed by atoms with Gasteiger partial charge in [-0.05, 0) is 32.0 Å². The van der Waals surface area contributed by atoms with Crippen molar-refractivity contribution in [2.45, 2.75) is 30.4 Å². The highest BCUT2D eigenvalue weighted by Gasteiger charge is 2.40. The minimum atomic E-state index is -4.15. The Morgan fingerprint density at radius 2 is 2.10 bits per heavy atom. The van der Waals surface area contributed by atoms with E-state index < -0.39 is 38.3 Å². The number of ether oxygens (including phenoxy) is 1. The Balaban J connectivity index is 2.41. The average molecular weight is 340 g/mol. The summed E-state index contributed by atoms with van der Waals surface area (Å²) in [7, 11) is -4.15. The van der Waals surface area contributed by atoms with Gasteiger partial charge in [0, 0.05) is 19.0 Å². The van der Waals surface area contributed by atoms with Gasteiger partial charge in [-0.15, -0.1) is 11.6 Å². The molecule has 0 N–H and O–H groups in total. The Morgan fingerprint density at radius 3 is 2.71 bits per heavy atom. The van der Waals surface area contributed by atoms with Crippen LogP contribution in [-0.4, -0.2) is 43.4 Å². The maximum Gasteiger partial charge on any atom is 0.246 e. The molecule has 0 aromatic heterocycles. The lowest BCUT2D eigenvalue weighted by atomic mass is 10.1. The van der Waals surface area contributed by atoms with Crippen LogP contribution in [0.3, 0.4) is 0 Å². The molecule has 118 valence electrons. The molecular formula is C13H16ClF2NO3S. The third-order valence-electron chi connectivity index (χ3n) is 3.13. The number of hydrogen-bond acceptors (Lipinski definition) is 3. The van der Waals surface area contributed by atoms with E-state index in [0.29, 0.717) is 6.07 Å². The Bertz CT molecular complexity index is 636. The summed E-state index contributed by atoms with van der Waals surface area (Å²) in [5, 5.41) is 0. The molecule has 0 aliphatic carbocycles. The van der Waals surface area contributed by atoms with Crippen LogP contribution in [0.1, 0.15) is 13.8 Å². The standard InChI is InChI=1S/C13H16ClF2NO3S/c1-13(2)8-17(7-10(6-14)20-13)21(18,19)12-5-9(15)3-4-11(12)16/h3-5,10H,6-8H2,1-2H3. The molecule has 21 heavy (non-hydrogen) atoms. The summed E-state index contributed by atoms with van der Waals surface area (Å²) in [6.07, 6.45) is -0.498. The van der Waals surface area contributed by atoms with Crippen molar-refractivity contribution >= 4 is 21.6 Å². The molecule has 1 fully saturated rings. The topological polar surface area (TPSA) is 46.6 Å². The number of hydrogen-bond donors (Lipinski definition) is 0. The van der Waals surface area contributed by atoms with Crippen molar-refractivity contribution in [1.29, 1.82) is 0 Å². The molecule has 0 bridgehead atoms. The largest absolute Gasteiger partial charge is 0.368 e. The van der Waals surface area contributed by atoms with Crippen LogP contribution in [0.4, 0.5) is 8.78 Å². The lowest BCUT2D eigenvalue weighted by Gasteiger charge is -2.41. The molecule has 1 aromatic rings. The zero-order valence-electron chi connectivity index (χ0n) is 11.6. The Morgan fingerprint density at radius 1 is 1.43 bits per heavy atom. The van der Waals surface area contributed by atoms with E-state index in [1.807, 2.05) is 0 Å². The smallest absolute Gasteiger partial charge is 0.246 e. The summed E-state index contributed by atoms with van der Waals surface area (Å²) in [6, 6.07) is 2.36. The van der Waals surface area contributed by atoms with Crippen LogP contribution >= 0.6 is 11.6 Å². The van der Waals surface area contributed by atoms with Gasteiger partial charge in [0.2, 0.25) is 10.0 Å². The second-order valence-corrected chi connectivity index (χ2v) is 7.74. The maximum atomic E-state index is 13.8. The van der Waals surface area contributed by atoms with Gasteiger partial charge in [-0.3, -0.25) is 0 Å². The van der Waals surface area contributed by atoms with E-state index in [4.69, 9.17) is 16.3 Å². The van der Waals surface area contributed by atoms with Crippen LogP contribution in [0.15, 0.2) is 23.1 Å². The molecule has 8 heteroatoms. The van der Waals surface area contributed by atoms with Gasteiger partial charge >= 0.3 is 0 Å². The molecule has 4 nitrogen and oxygen atoms in total. The van der Waals surface area contributed by atoms with E-state index in [-0.39, 0.29) is 19.0 Å². The van der Waals surface area contributed by atoms with Crippen molar-refractivity contribution in [2.75, 3.05) is 19.0 Å². The number of nitrogens with zero attached hydrogens (tertiary/aromatic N) is 1. The Labute approximate surface area is 127 Å². The minimum absolute atomic E-state index is 0.00518. The third kappa shape index (κ3) is 3.53. The predicted molar refractivity (Wildman–Crippen MR) is 74.8 cm³/mol. The summed E-state index contributed by atoms with van der Waals surface area (Å²) in [4.78, 5) is -0.673. The first-order chi connectivity index (χ1) is 9.65. The number of morpholine rings is 1. The zero-order valence-corrected chi connectivity index (χ0v) is 13.2. The van der Waals surface area contributed by atoms with Gasteiger partial charge in [0.05, 0.1) is 11.7 Å². The second kappa shape index (κ2) is 5.79. The van der Waals surface area contributed by atoms with Crippen LogP contribution in [0.5, 0.6) is 0 Å². The summed E-state index contributed by atoms with van der Waals surface area (Å²) < 4.78 is 58.8. The molecule has 1 saturated heterocycles. The fourth-order valence-corrected chi connectivity index (χ4v) is 4.18. The zero-order chi connectivity index (χ0) is 15.8. The first-order valence-electron chi connectivity index (χ1n) is 6.35. The number of benzene rings is 1. The molecule has 2 rings (SSSR count). The molecule has 0 radical (unpaired) electrons. The lowest BCUT2D eigenvalue weighted by molar-refractivity contribution is -0.107. The molecule has 1 aliphatic heterocycles. The van der Waals surface area contributed by atoms with Crippen LogP contribution < -0.4 is 0 Å². The molecule has 0 spiro atoms. The molecule has 0 amide bonds. The number of sulfonamides is 1. The van der Waals surface area contributed by atoms with Crippen molar-refractivity contribution in [3.8, 4) is 0 Å². The Hall–Kier alpha value is -0.760. The molecule has 1 heterocycles. The van der Waals surface area contributed by atoms with Gasteiger partial charge in [-0.2, -0.15) is 4.31 Å². The van der Waals surface area contributed by atoms with Gasteiger partial charge in [-0.25, -0.2) is 17.2 Å². The third-order valence-corrected chi connectivity index (χ3v) is 5.30. The summed E-state index contributed by atoms with van der Waals surface area (Å²) >= 11 is 5.74. The van der Waals surface area contributed by atoms with Gasteiger partial charge < -0.3 is 4.74 Å². The van der Waals surface area contributed by atoms with Crippen molar-refractivity contribution in [1.82, 2.24) is 4.31 Å². The SMILES string of the molecule is CC1(C)CN(S(=O)(=O)c2cc(F)ccc2F)CC(CCl)O1. The van der Waals surface area contributed by atoms with Crippen molar-refractivity contribution in [2.24, 2.45) is 0 Å². The second-order valence-electron chi connectivity index (χ2n) is 5.53. The van der Waals surface area contributed by atoms with E-state index in [2.05, 4.69) is 0 Å². The molecular weight excluding hydrogens is 324 g/mol. The normalized spacial score (nSPS) is 23.2. The van der Waals surface area contributed by atoms with Gasteiger partial charge in [0.1, 0.15) is 16.5 Å². The highest BCUT2D eigenvalue weighted by Crippen LogP contribution is 2.28. The van der Waals surface area contributed by atoms with Crippen LogP contribution in [0.2, 0.25) is 0 Å². The van der Waals surface area contributed by atoms with E-state index in [1.165, 1.54) is 0 Å². The van der Waals surface area contributed by atoms with Crippen molar-refractivity contribution in [3.05, 3.63) is 29.8 Å². The molecule has 1 aromatic carbocycles. The molecule has 0 saturated carbocycles. The number of halogens is 3. The first kappa shape index (κ1) is 16.6. The minimum Gasteiger partial charge on any atom is -0.368 e. The van der Waals surface area contributed by atoms with Crippen molar-refractivity contribution in [3.63, 3.8) is 0 Å². The van der Waals surface area contributed by atoms with Crippen LogP contribution in [-0.2, 0) is 14.8 Å².